The number of amides is 2. The van der Waals surface area contributed by atoms with Gasteiger partial charge in [-0.2, -0.15) is 0 Å². The van der Waals surface area contributed by atoms with Gasteiger partial charge in [-0.1, -0.05) is 54.6 Å². The molecule has 0 unspecified atom stereocenters. The Balaban J connectivity index is 1.64. The summed E-state index contributed by atoms with van der Waals surface area (Å²) in [5.41, 5.74) is 3.00. The van der Waals surface area contributed by atoms with Crippen LogP contribution >= 0.6 is 0 Å². The van der Waals surface area contributed by atoms with Crippen molar-refractivity contribution in [3.05, 3.63) is 95.6 Å². The Kier molecular flexibility index (Phi) is 6.63. The Bertz CT molecular complexity index is 986. The molecule has 148 valence electrons. The van der Waals surface area contributed by atoms with Crippen LogP contribution in [0.1, 0.15) is 21.5 Å². The van der Waals surface area contributed by atoms with E-state index >= 15 is 0 Å². The summed E-state index contributed by atoms with van der Waals surface area (Å²) in [6.45, 7) is 2.31. The first-order valence-electron chi connectivity index (χ1n) is 9.40. The van der Waals surface area contributed by atoms with Crippen molar-refractivity contribution in [2.45, 2.75) is 13.5 Å². The van der Waals surface area contributed by atoms with Crippen LogP contribution in [0.25, 0.3) is 0 Å². The van der Waals surface area contributed by atoms with Gasteiger partial charge in [0.15, 0.2) is 6.61 Å². The van der Waals surface area contributed by atoms with Gasteiger partial charge < -0.3 is 15.0 Å². The lowest BCUT2D eigenvalue weighted by atomic mass is 10.1. The van der Waals surface area contributed by atoms with Crippen molar-refractivity contribution in [2.75, 3.05) is 19.0 Å². The molecule has 0 aliphatic rings. The first-order chi connectivity index (χ1) is 14.0. The second-order valence-electron chi connectivity index (χ2n) is 6.85. The summed E-state index contributed by atoms with van der Waals surface area (Å²) in [5, 5.41) is 2.78. The van der Waals surface area contributed by atoms with Crippen LogP contribution in [-0.4, -0.2) is 30.4 Å². The minimum absolute atomic E-state index is 0.133. The number of carbonyl (C=O) groups is 2. The topological polar surface area (TPSA) is 58.6 Å². The van der Waals surface area contributed by atoms with E-state index in [-0.39, 0.29) is 18.4 Å². The minimum atomic E-state index is -0.322. The SMILES string of the molecule is Cc1cccc(OCC(=O)Nc2ccccc2C(=O)N(C)Cc2ccccc2)c1. The molecular weight excluding hydrogens is 364 g/mol. The molecule has 1 N–H and O–H groups in total. The van der Waals surface area contributed by atoms with Crippen molar-refractivity contribution in [3.8, 4) is 5.75 Å². The maximum Gasteiger partial charge on any atom is 0.262 e. The first-order valence-corrected chi connectivity index (χ1v) is 9.40. The largest absolute Gasteiger partial charge is 0.484 e. The van der Waals surface area contributed by atoms with E-state index in [4.69, 9.17) is 4.74 Å². The number of rotatable bonds is 7. The average molecular weight is 388 g/mol. The zero-order valence-electron chi connectivity index (χ0n) is 16.6. The molecule has 0 spiro atoms. The monoisotopic (exact) mass is 388 g/mol. The molecule has 0 fully saturated rings. The molecule has 29 heavy (non-hydrogen) atoms. The number of nitrogens with zero attached hydrogens (tertiary/aromatic N) is 1. The first kappa shape index (κ1) is 20.1. The summed E-state index contributed by atoms with van der Waals surface area (Å²) in [6, 6.07) is 24.3. The van der Waals surface area contributed by atoms with Gasteiger partial charge in [-0.25, -0.2) is 0 Å². The lowest BCUT2D eigenvalue weighted by Gasteiger charge is -2.19. The van der Waals surface area contributed by atoms with Crippen LogP contribution in [0.2, 0.25) is 0 Å². The van der Waals surface area contributed by atoms with Gasteiger partial charge in [0.1, 0.15) is 5.75 Å². The van der Waals surface area contributed by atoms with Gasteiger partial charge in [0.2, 0.25) is 0 Å². The molecule has 0 radical (unpaired) electrons. The predicted octanol–water partition coefficient (Wildman–Crippen LogP) is 4.28. The van der Waals surface area contributed by atoms with E-state index in [1.165, 1.54) is 0 Å². The fraction of sp³-hybridized carbons (Fsp3) is 0.167. The Labute approximate surface area is 170 Å². The van der Waals surface area contributed by atoms with Crippen LogP contribution in [0.5, 0.6) is 5.75 Å². The molecule has 3 aromatic rings. The van der Waals surface area contributed by atoms with E-state index < -0.39 is 0 Å². The van der Waals surface area contributed by atoms with Crippen LogP contribution in [0, 0.1) is 6.92 Å². The Morgan fingerprint density at radius 2 is 1.66 bits per heavy atom. The zero-order chi connectivity index (χ0) is 20.6. The Morgan fingerprint density at radius 1 is 0.931 bits per heavy atom. The molecule has 0 heterocycles. The quantitative estimate of drug-likeness (QED) is 0.657. The number of nitrogens with one attached hydrogen (secondary N) is 1. The maximum atomic E-state index is 12.9. The van der Waals surface area contributed by atoms with E-state index in [1.807, 2.05) is 55.5 Å². The van der Waals surface area contributed by atoms with Crippen LogP contribution in [0.15, 0.2) is 78.9 Å². The van der Waals surface area contributed by atoms with Crippen LogP contribution in [0.3, 0.4) is 0 Å². The third-order valence-electron chi connectivity index (χ3n) is 4.40. The molecule has 5 nitrogen and oxygen atoms in total. The Hall–Kier alpha value is -3.60. The van der Waals surface area contributed by atoms with Crippen molar-refractivity contribution < 1.29 is 14.3 Å². The fourth-order valence-corrected chi connectivity index (χ4v) is 2.95. The number of benzene rings is 3. The summed E-state index contributed by atoms with van der Waals surface area (Å²) < 4.78 is 5.54. The van der Waals surface area contributed by atoms with Crippen molar-refractivity contribution in [1.29, 1.82) is 0 Å². The van der Waals surface area contributed by atoms with Gasteiger partial charge in [0, 0.05) is 13.6 Å². The molecule has 3 aromatic carbocycles. The summed E-state index contributed by atoms with van der Waals surface area (Å²) in [5.74, 6) is 0.147. The average Bonchev–Trinajstić information content (AvgIpc) is 2.73. The zero-order valence-corrected chi connectivity index (χ0v) is 16.6. The summed E-state index contributed by atoms with van der Waals surface area (Å²) in [6.07, 6.45) is 0. The van der Waals surface area contributed by atoms with Gasteiger partial charge in [-0.15, -0.1) is 0 Å². The minimum Gasteiger partial charge on any atom is -0.484 e. The highest BCUT2D eigenvalue weighted by atomic mass is 16.5. The number of para-hydroxylation sites is 1. The molecule has 0 atom stereocenters. The molecular formula is C24H24N2O3. The molecule has 0 aliphatic heterocycles. The lowest BCUT2D eigenvalue weighted by molar-refractivity contribution is -0.118. The summed E-state index contributed by atoms with van der Waals surface area (Å²) >= 11 is 0. The molecule has 3 rings (SSSR count). The van der Waals surface area contributed by atoms with E-state index in [9.17, 15) is 9.59 Å². The third-order valence-corrected chi connectivity index (χ3v) is 4.40. The predicted molar refractivity (Wildman–Crippen MR) is 114 cm³/mol. The van der Waals surface area contributed by atoms with Crippen LogP contribution < -0.4 is 10.1 Å². The number of carbonyl (C=O) groups excluding carboxylic acids is 2. The molecule has 2 amide bonds. The van der Waals surface area contributed by atoms with E-state index in [1.54, 1.807) is 42.3 Å². The third kappa shape index (κ3) is 5.69. The fourth-order valence-electron chi connectivity index (χ4n) is 2.95. The van der Waals surface area contributed by atoms with Crippen molar-refractivity contribution in [2.24, 2.45) is 0 Å². The molecule has 0 bridgehead atoms. The van der Waals surface area contributed by atoms with Gasteiger partial charge in [-0.3, -0.25) is 9.59 Å². The van der Waals surface area contributed by atoms with Gasteiger partial charge >= 0.3 is 0 Å². The highest BCUT2D eigenvalue weighted by Crippen LogP contribution is 2.18. The molecule has 5 heteroatoms. The molecule has 0 aliphatic carbocycles. The van der Waals surface area contributed by atoms with E-state index in [2.05, 4.69) is 5.32 Å². The van der Waals surface area contributed by atoms with E-state index in [0.717, 1.165) is 11.1 Å². The van der Waals surface area contributed by atoms with Gasteiger partial charge in [0.25, 0.3) is 11.8 Å². The van der Waals surface area contributed by atoms with Crippen molar-refractivity contribution >= 4 is 17.5 Å². The van der Waals surface area contributed by atoms with Gasteiger partial charge in [-0.05, 0) is 42.3 Å². The second-order valence-corrected chi connectivity index (χ2v) is 6.85. The Morgan fingerprint density at radius 3 is 2.41 bits per heavy atom. The number of anilines is 1. The van der Waals surface area contributed by atoms with Crippen LogP contribution in [0.4, 0.5) is 5.69 Å². The number of hydrogen-bond donors (Lipinski definition) is 1. The van der Waals surface area contributed by atoms with Crippen LogP contribution in [-0.2, 0) is 11.3 Å². The number of ether oxygens (including phenoxy) is 1. The highest BCUT2D eigenvalue weighted by molar-refractivity contribution is 6.03. The van der Waals surface area contributed by atoms with E-state index in [0.29, 0.717) is 23.5 Å². The smallest absolute Gasteiger partial charge is 0.262 e. The number of aryl methyl sites for hydroxylation is 1. The molecule has 0 saturated carbocycles. The summed E-state index contributed by atoms with van der Waals surface area (Å²) in [7, 11) is 1.74. The molecule has 0 saturated heterocycles. The standard InChI is InChI=1S/C24H24N2O3/c1-18-9-8-12-20(15-18)29-17-23(27)25-22-14-7-6-13-21(22)24(28)26(2)16-19-10-4-3-5-11-19/h3-15H,16-17H2,1-2H3,(H,25,27). The summed E-state index contributed by atoms with van der Waals surface area (Å²) in [4.78, 5) is 26.9. The maximum absolute atomic E-state index is 12.9. The number of hydrogen-bond acceptors (Lipinski definition) is 3. The van der Waals surface area contributed by atoms with Gasteiger partial charge in [0.05, 0.1) is 11.3 Å². The van der Waals surface area contributed by atoms with Crippen molar-refractivity contribution in [3.63, 3.8) is 0 Å². The molecule has 0 aromatic heterocycles. The second kappa shape index (κ2) is 9.55. The normalized spacial score (nSPS) is 10.3. The highest BCUT2D eigenvalue weighted by Gasteiger charge is 2.17. The van der Waals surface area contributed by atoms with Crippen molar-refractivity contribution in [1.82, 2.24) is 4.90 Å². The lowest BCUT2D eigenvalue weighted by Crippen LogP contribution is -2.28.